The van der Waals surface area contributed by atoms with Gasteiger partial charge in [0, 0.05) is 12.8 Å². The van der Waals surface area contributed by atoms with Gasteiger partial charge >= 0.3 is 5.97 Å². The number of hydrogen-bond acceptors (Lipinski definition) is 2. The van der Waals surface area contributed by atoms with E-state index in [1.165, 1.54) is 12.1 Å². The van der Waals surface area contributed by atoms with Gasteiger partial charge in [0.05, 0.1) is 6.04 Å². The van der Waals surface area contributed by atoms with Gasteiger partial charge in [0.15, 0.2) is 0 Å². The average molecular weight is 267 g/mol. The highest BCUT2D eigenvalue weighted by molar-refractivity contribution is 5.77. The molecule has 1 rings (SSSR count). The van der Waals surface area contributed by atoms with Crippen molar-refractivity contribution < 1.29 is 19.1 Å². The second-order valence-electron chi connectivity index (χ2n) is 4.75. The van der Waals surface area contributed by atoms with Crippen LogP contribution >= 0.6 is 0 Å². The first kappa shape index (κ1) is 15.1. The van der Waals surface area contributed by atoms with Crippen molar-refractivity contribution in [3.8, 4) is 0 Å². The van der Waals surface area contributed by atoms with Gasteiger partial charge in [0.1, 0.15) is 5.82 Å². The molecule has 2 atom stereocenters. The molecule has 1 aromatic carbocycles. The van der Waals surface area contributed by atoms with Gasteiger partial charge in [0.25, 0.3) is 0 Å². The summed E-state index contributed by atoms with van der Waals surface area (Å²) in [6.07, 6.45) is 0.135. The molecule has 19 heavy (non-hydrogen) atoms. The number of carboxylic acids is 1. The lowest BCUT2D eigenvalue weighted by molar-refractivity contribution is -0.138. The van der Waals surface area contributed by atoms with Gasteiger partial charge in [-0.05, 0) is 30.5 Å². The maximum absolute atomic E-state index is 12.8. The summed E-state index contributed by atoms with van der Waals surface area (Å²) in [5.41, 5.74) is 0.806. The minimum atomic E-state index is -0.910. The smallest absolute Gasteiger partial charge is 0.303 e. The molecule has 4 nitrogen and oxygen atoms in total. The van der Waals surface area contributed by atoms with Gasteiger partial charge in [-0.25, -0.2) is 4.39 Å². The Bertz CT molecular complexity index is 445. The maximum atomic E-state index is 12.8. The molecule has 0 bridgehead atoms. The van der Waals surface area contributed by atoms with E-state index >= 15 is 0 Å². The summed E-state index contributed by atoms with van der Waals surface area (Å²) in [7, 11) is 0. The zero-order chi connectivity index (χ0) is 14.4. The van der Waals surface area contributed by atoms with Crippen molar-refractivity contribution in [2.45, 2.75) is 32.7 Å². The monoisotopic (exact) mass is 267 g/mol. The first-order valence-corrected chi connectivity index (χ1v) is 6.15. The van der Waals surface area contributed by atoms with Gasteiger partial charge in [-0.15, -0.1) is 0 Å². The number of hydrogen-bond donors (Lipinski definition) is 2. The molecule has 1 unspecified atom stereocenters. The topological polar surface area (TPSA) is 66.4 Å². The zero-order valence-electron chi connectivity index (χ0n) is 11.0. The summed E-state index contributed by atoms with van der Waals surface area (Å²) >= 11 is 0. The van der Waals surface area contributed by atoms with Crippen LogP contribution in [-0.4, -0.2) is 17.0 Å². The minimum Gasteiger partial charge on any atom is -0.481 e. The molecule has 0 heterocycles. The Labute approximate surface area is 111 Å². The van der Waals surface area contributed by atoms with Crippen molar-refractivity contribution >= 4 is 11.9 Å². The van der Waals surface area contributed by atoms with E-state index in [-0.39, 0.29) is 36.5 Å². The number of carboxylic acid groups (broad SMARTS) is 1. The molecule has 0 aliphatic rings. The lowest BCUT2D eigenvalue weighted by Crippen LogP contribution is -2.28. The molecular formula is C14H18FNO3. The Morgan fingerprint density at radius 1 is 1.21 bits per heavy atom. The van der Waals surface area contributed by atoms with E-state index in [9.17, 15) is 14.0 Å². The van der Waals surface area contributed by atoms with Gasteiger partial charge < -0.3 is 10.4 Å². The number of benzene rings is 1. The summed E-state index contributed by atoms with van der Waals surface area (Å²) in [5, 5.41) is 11.4. The third-order valence-electron chi connectivity index (χ3n) is 2.80. The number of carbonyl (C=O) groups is 2. The van der Waals surface area contributed by atoms with Crippen LogP contribution in [-0.2, 0) is 9.59 Å². The van der Waals surface area contributed by atoms with Crippen molar-refractivity contribution in [3.63, 3.8) is 0 Å². The number of nitrogens with one attached hydrogen (secondary N) is 1. The van der Waals surface area contributed by atoms with E-state index in [0.29, 0.717) is 0 Å². The van der Waals surface area contributed by atoms with Crippen LogP contribution in [0.4, 0.5) is 4.39 Å². The van der Waals surface area contributed by atoms with Crippen LogP contribution in [0.15, 0.2) is 24.3 Å². The van der Waals surface area contributed by atoms with E-state index < -0.39 is 5.97 Å². The van der Waals surface area contributed by atoms with E-state index in [1.54, 1.807) is 26.0 Å². The minimum absolute atomic E-state index is 0.0294. The molecule has 0 aliphatic heterocycles. The lowest BCUT2D eigenvalue weighted by Gasteiger charge is -2.16. The van der Waals surface area contributed by atoms with Crippen molar-refractivity contribution in [1.82, 2.24) is 5.32 Å². The van der Waals surface area contributed by atoms with E-state index in [0.717, 1.165) is 5.56 Å². The van der Waals surface area contributed by atoms with Crippen molar-refractivity contribution in [3.05, 3.63) is 35.6 Å². The molecule has 0 aromatic heterocycles. The Kier molecular flexibility index (Phi) is 5.48. The summed E-state index contributed by atoms with van der Waals surface area (Å²) in [4.78, 5) is 22.2. The quantitative estimate of drug-likeness (QED) is 0.832. The van der Waals surface area contributed by atoms with Crippen LogP contribution in [0.25, 0.3) is 0 Å². The summed E-state index contributed by atoms with van der Waals surface area (Å²) in [5.74, 6) is -1.65. The lowest BCUT2D eigenvalue weighted by atomic mass is 10.0. The molecule has 1 aromatic rings. The molecule has 0 fully saturated rings. The van der Waals surface area contributed by atoms with E-state index in [1.807, 2.05) is 0 Å². The first-order chi connectivity index (χ1) is 8.88. The fourth-order valence-corrected chi connectivity index (χ4v) is 1.82. The first-order valence-electron chi connectivity index (χ1n) is 6.15. The standard InChI is InChI=1S/C14H18FNO3/c1-9(8-14(18)19)7-13(17)16-10(2)11-3-5-12(15)6-4-11/h3-6,9-10H,7-8H2,1-2H3,(H,16,17)(H,18,19)/t9?,10-/m0/s1. The van der Waals surface area contributed by atoms with Crippen molar-refractivity contribution in [2.24, 2.45) is 5.92 Å². The Hall–Kier alpha value is -1.91. The van der Waals surface area contributed by atoms with Gasteiger partial charge in [0.2, 0.25) is 5.91 Å². The highest BCUT2D eigenvalue weighted by Gasteiger charge is 2.15. The van der Waals surface area contributed by atoms with Gasteiger partial charge in [-0.1, -0.05) is 19.1 Å². The number of aliphatic carboxylic acids is 1. The predicted octanol–water partition coefficient (Wildman–Crippen LogP) is 2.50. The molecular weight excluding hydrogens is 249 g/mol. The third-order valence-corrected chi connectivity index (χ3v) is 2.80. The molecule has 2 N–H and O–H groups in total. The number of carbonyl (C=O) groups excluding carboxylic acids is 1. The highest BCUT2D eigenvalue weighted by Crippen LogP contribution is 2.14. The summed E-state index contributed by atoms with van der Waals surface area (Å²) in [6, 6.07) is 5.67. The fourth-order valence-electron chi connectivity index (χ4n) is 1.82. The Morgan fingerprint density at radius 2 is 1.79 bits per heavy atom. The summed E-state index contributed by atoms with van der Waals surface area (Å²) in [6.45, 7) is 3.52. The fraction of sp³-hybridized carbons (Fsp3) is 0.429. The Morgan fingerprint density at radius 3 is 2.32 bits per heavy atom. The maximum Gasteiger partial charge on any atom is 0.303 e. The molecule has 0 saturated carbocycles. The second-order valence-corrected chi connectivity index (χ2v) is 4.75. The van der Waals surface area contributed by atoms with Crippen LogP contribution in [0, 0.1) is 11.7 Å². The van der Waals surface area contributed by atoms with Crippen LogP contribution in [0.5, 0.6) is 0 Å². The van der Waals surface area contributed by atoms with Crippen LogP contribution in [0.3, 0.4) is 0 Å². The zero-order valence-corrected chi connectivity index (χ0v) is 11.0. The van der Waals surface area contributed by atoms with Crippen molar-refractivity contribution in [1.29, 1.82) is 0 Å². The SMILES string of the molecule is CC(CC(=O)O)CC(=O)N[C@@H](C)c1ccc(F)cc1. The molecule has 0 aliphatic carbocycles. The van der Waals surface area contributed by atoms with Crippen LogP contribution < -0.4 is 5.32 Å². The molecule has 5 heteroatoms. The van der Waals surface area contributed by atoms with Gasteiger partial charge in [-0.3, -0.25) is 9.59 Å². The van der Waals surface area contributed by atoms with Gasteiger partial charge in [-0.2, -0.15) is 0 Å². The molecule has 1 amide bonds. The summed E-state index contributed by atoms with van der Waals surface area (Å²) < 4.78 is 12.8. The number of rotatable bonds is 6. The highest BCUT2D eigenvalue weighted by atomic mass is 19.1. The average Bonchev–Trinajstić information content (AvgIpc) is 2.27. The van der Waals surface area contributed by atoms with E-state index in [4.69, 9.17) is 5.11 Å². The Balaban J connectivity index is 2.47. The van der Waals surface area contributed by atoms with Crippen molar-refractivity contribution in [2.75, 3.05) is 0 Å². The largest absolute Gasteiger partial charge is 0.481 e. The number of halogens is 1. The number of amides is 1. The normalized spacial score (nSPS) is 13.6. The molecule has 0 spiro atoms. The van der Waals surface area contributed by atoms with E-state index in [2.05, 4.69) is 5.32 Å². The molecule has 0 saturated heterocycles. The molecule has 0 radical (unpaired) electrons. The predicted molar refractivity (Wildman–Crippen MR) is 69.0 cm³/mol. The van der Waals surface area contributed by atoms with Crippen LogP contribution in [0.2, 0.25) is 0 Å². The molecule has 104 valence electrons. The third kappa shape index (κ3) is 5.50. The van der Waals surface area contributed by atoms with Crippen LogP contribution in [0.1, 0.15) is 38.3 Å². The second kappa shape index (κ2) is 6.87.